The number of carbonyl (C=O) groups is 1. The molecule has 4 rings (SSSR count). The molecule has 0 saturated carbocycles. The lowest BCUT2D eigenvalue weighted by Crippen LogP contribution is -2.29. The maximum atomic E-state index is 14.3. The van der Waals surface area contributed by atoms with Gasteiger partial charge in [0.05, 0.1) is 6.20 Å². The first-order valence-corrected chi connectivity index (χ1v) is 10.9. The standard InChI is InChI=1S/C23H19ClFN7O4/c1-11(18(14-6-12(25)4-5-16(14)24)15-9-31(2)30-17(15)7-26)21-29-19(20(33)23(35)32(21)3)22(34)28-13-8-27-36-10-13/h4-6,8-11,18,33H,1-3H3,(H,28,34). The van der Waals surface area contributed by atoms with Crippen molar-refractivity contribution in [3.05, 3.63) is 86.4 Å². The van der Waals surface area contributed by atoms with Crippen LogP contribution in [0, 0.1) is 17.1 Å². The van der Waals surface area contributed by atoms with E-state index in [1.165, 1.54) is 36.1 Å². The molecule has 0 bridgehead atoms. The van der Waals surface area contributed by atoms with E-state index in [1.807, 2.05) is 6.07 Å². The summed E-state index contributed by atoms with van der Waals surface area (Å²) < 4.78 is 21.5. The van der Waals surface area contributed by atoms with Crippen LogP contribution in [0.2, 0.25) is 5.02 Å². The number of aromatic hydroxyl groups is 1. The molecule has 36 heavy (non-hydrogen) atoms. The van der Waals surface area contributed by atoms with Crippen molar-refractivity contribution < 1.29 is 18.8 Å². The Hall–Kier alpha value is -4.50. The summed E-state index contributed by atoms with van der Waals surface area (Å²) in [4.78, 5) is 30.0. The van der Waals surface area contributed by atoms with Gasteiger partial charge in [0.25, 0.3) is 11.5 Å². The Morgan fingerprint density at radius 1 is 1.33 bits per heavy atom. The SMILES string of the molecule is CC(c1nc(C(=O)Nc2cnoc2)c(O)c(=O)n1C)C(c1cc(F)ccc1Cl)c1cn(C)nc1C#N. The number of anilines is 1. The summed E-state index contributed by atoms with van der Waals surface area (Å²) in [6, 6.07) is 5.83. The number of nitrogens with zero attached hydrogens (tertiary/aromatic N) is 6. The number of hydrogen-bond donors (Lipinski definition) is 2. The molecule has 3 heterocycles. The number of amides is 1. The molecule has 0 fully saturated rings. The lowest BCUT2D eigenvalue weighted by molar-refractivity contribution is 0.101. The van der Waals surface area contributed by atoms with E-state index in [-0.39, 0.29) is 22.2 Å². The van der Waals surface area contributed by atoms with Crippen molar-refractivity contribution >= 4 is 23.2 Å². The Kier molecular flexibility index (Phi) is 6.59. The second-order valence-corrected chi connectivity index (χ2v) is 8.46. The van der Waals surface area contributed by atoms with Crippen LogP contribution in [0.1, 0.15) is 51.9 Å². The van der Waals surface area contributed by atoms with Gasteiger partial charge >= 0.3 is 0 Å². The molecular formula is C23H19ClFN7O4. The number of benzene rings is 1. The fourth-order valence-corrected chi connectivity index (χ4v) is 4.29. The Labute approximate surface area is 208 Å². The van der Waals surface area contributed by atoms with Crippen LogP contribution in [0.25, 0.3) is 0 Å². The highest BCUT2D eigenvalue weighted by molar-refractivity contribution is 6.31. The maximum Gasteiger partial charge on any atom is 0.296 e. The Balaban J connectivity index is 1.90. The molecule has 13 heteroatoms. The summed E-state index contributed by atoms with van der Waals surface area (Å²) in [6.07, 6.45) is 3.99. The number of nitriles is 1. The van der Waals surface area contributed by atoms with Crippen molar-refractivity contribution in [2.45, 2.75) is 18.8 Å². The van der Waals surface area contributed by atoms with E-state index >= 15 is 0 Å². The molecule has 1 aromatic carbocycles. The molecule has 4 aromatic rings. The summed E-state index contributed by atoms with van der Waals surface area (Å²) in [7, 11) is 3.00. The molecular weight excluding hydrogens is 493 g/mol. The van der Waals surface area contributed by atoms with Crippen molar-refractivity contribution in [1.82, 2.24) is 24.5 Å². The normalized spacial score (nSPS) is 12.7. The molecule has 2 unspecified atom stereocenters. The summed E-state index contributed by atoms with van der Waals surface area (Å²) in [5.41, 5.74) is -0.405. The third kappa shape index (κ3) is 4.44. The third-order valence-corrected chi connectivity index (χ3v) is 6.05. The minimum absolute atomic E-state index is 0.0730. The molecule has 0 aliphatic heterocycles. The largest absolute Gasteiger partial charge is 0.501 e. The molecule has 0 saturated heterocycles. The molecule has 0 aliphatic carbocycles. The van der Waals surface area contributed by atoms with Gasteiger partial charge in [0.2, 0.25) is 5.75 Å². The van der Waals surface area contributed by atoms with Crippen LogP contribution in [0.15, 0.2) is 46.2 Å². The van der Waals surface area contributed by atoms with E-state index in [0.29, 0.717) is 11.1 Å². The fraction of sp³-hybridized carbons (Fsp3) is 0.217. The molecule has 0 spiro atoms. The Bertz CT molecular complexity index is 1550. The van der Waals surface area contributed by atoms with Crippen LogP contribution < -0.4 is 10.9 Å². The van der Waals surface area contributed by atoms with Crippen LogP contribution >= 0.6 is 11.6 Å². The van der Waals surface area contributed by atoms with E-state index < -0.39 is 40.6 Å². The molecule has 2 atom stereocenters. The van der Waals surface area contributed by atoms with Crippen LogP contribution in [0.4, 0.5) is 10.1 Å². The zero-order valence-corrected chi connectivity index (χ0v) is 20.0. The highest BCUT2D eigenvalue weighted by Gasteiger charge is 2.33. The lowest BCUT2D eigenvalue weighted by Gasteiger charge is -2.26. The average Bonchev–Trinajstić information content (AvgIpc) is 3.49. The zero-order valence-electron chi connectivity index (χ0n) is 19.2. The highest BCUT2D eigenvalue weighted by Crippen LogP contribution is 2.42. The van der Waals surface area contributed by atoms with Gasteiger partial charge in [-0.1, -0.05) is 23.7 Å². The summed E-state index contributed by atoms with van der Waals surface area (Å²) in [6.45, 7) is 1.68. The Morgan fingerprint density at radius 2 is 2.08 bits per heavy atom. The van der Waals surface area contributed by atoms with Crippen molar-refractivity contribution in [1.29, 1.82) is 5.26 Å². The number of aryl methyl sites for hydroxylation is 1. The second kappa shape index (κ2) is 9.63. The van der Waals surface area contributed by atoms with Gasteiger partial charge in [0.1, 0.15) is 29.7 Å². The monoisotopic (exact) mass is 511 g/mol. The van der Waals surface area contributed by atoms with Gasteiger partial charge in [0, 0.05) is 42.7 Å². The molecule has 1 amide bonds. The van der Waals surface area contributed by atoms with Gasteiger partial charge in [-0.2, -0.15) is 10.4 Å². The molecule has 2 N–H and O–H groups in total. The summed E-state index contributed by atoms with van der Waals surface area (Å²) in [5, 5.41) is 30.4. The van der Waals surface area contributed by atoms with Gasteiger partial charge in [-0.25, -0.2) is 9.37 Å². The van der Waals surface area contributed by atoms with E-state index in [0.717, 1.165) is 10.8 Å². The van der Waals surface area contributed by atoms with E-state index in [4.69, 9.17) is 11.6 Å². The van der Waals surface area contributed by atoms with E-state index in [9.17, 15) is 24.3 Å². The number of halogens is 2. The van der Waals surface area contributed by atoms with Crippen molar-refractivity contribution in [3.8, 4) is 11.8 Å². The Morgan fingerprint density at radius 3 is 2.75 bits per heavy atom. The summed E-state index contributed by atoms with van der Waals surface area (Å²) >= 11 is 6.45. The average molecular weight is 512 g/mol. The first kappa shape index (κ1) is 24.6. The van der Waals surface area contributed by atoms with E-state index in [2.05, 4.69) is 25.1 Å². The van der Waals surface area contributed by atoms with Crippen LogP contribution in [-0.2, 0) is 14.1 Å². The molecule has 184 valence electrons. The number of aromatic nitrogens is 5. The topological polar surface area (TPSA) is 152 Å². The first-order valence-electron chi connectivity index (χ1n) is 10.5. The molecule has 0 aliphatic rings. The van der Waals surface area contributed by atoms with Crippen molar-refractivity contribution in [3.63, 3.8) is 0 Å². The fourth-order valence-electron chi connectivity index (χ4n) is 4.06. The van der Waals surface area contributed by atoms with Gasteiger partial charge < -0.3 is 14.9 Å². The second-order valence-electron chi connectivity index (χ2n) is 8.05. The number of carbonyl (C=O) groups excluding carboxylic acids is 1. The van der Waals surface area contributed by atoms with Gasteiger partial charge in [-0.3, -0.25) is 18.8 Å². The predicted molar refractivity (Wildman–Crippen MR) is 125 cm³/mol. The van der Waals surface area contributed by atoms with E-state index in [1.54, 1.807) is 20.2 Å². The zero-order chi connectivity index (χ0) is 26.1. The summed E-state index contributed by atoms with van der Waals surface area (Å²) in [5.74, 6) is -3.76. The number of rotatable bonds is 6. The third-order valence-electron chi connectivity index (χ3n) is 5.71. The lowest BCUT2D eigenvalue weighted by atomic mass is 9.81. The first-order chi connectivity index (χ1) is 17.1. The van der Waals surface area contributed by atoms with Crippen LogP contribution in [0.5, 0.6) is 5.75 Å². The molecule has 0 radical (unpaired) electrons. The highest BCUT2D eigenvalue weighted by atomic mass is 35.5. The smallest absolute Gasteiger partial charge is 0.296 e. The minimum atomic E-state index is -0.877. The van der Waals surface area contributed by atoms with Gasteiger partial charge in [-0.15, -0.1) is 0 Å². The van der Waals surface area contributed by atoms with Crippen molar-refractivity contribution in [2.24, 2.45) is 14.1 Å². The van der Waals surface area contributed by atoms with Crippen molar-refractivity contribution in [2.75, 3.05) is 5.32 Å². The predicted octanol–water partition coefficient (Wildman–Crippen LogP) is 3.06. The number of hydrogen-bond acceptors (Lipinski definition) is 8. The van der Waals surface area contributed by atoms with Crippen LogP contribution in [0.3, 0.4) is 0 Å². The minimum Gasteiger partial charge on any atom is -0.501 e. The maximum absolute atomic E-state index is 14.3. The molecule has 3 aromatic heterocycles. The molecule has 11 nitrogen and oxygen atoms in total. The quantitative estimate of drug-likeness (QED) is 0.400. The van der Waals surface area contributed by atoms with Gasteiger partial charge in [-0.05, 0) is 23.8 Å². The van der Waals surface area contributed by atoms with Crippen LogP contribution in [-0.4, -0.2) is 35.5 Å². The van der Waals surface area contributed by atoms with Gasteiger partial charge in [0.15, 0.2) is 11.4 Å². The number of nitrogens with one attached hydrogen (secondary N) is 1.